The molecule has 0 aromatic carbocycles. The number of aliphatic hydroxyl groups is 3. The van der Waals surface area contributed by atoms with Gasteiger partial charge in [0.15, 0.2) is 0 Å². The van der Waals surface area contributed by atoms with E-state index in [1.54, 1.807) is 0 Å². The number of aliphatic hydroxyl groups excluding tert-OH is 3. The van der Waals surface area contributed by atoms with Crippen molar-refractivity contribution in [3.63, 3.8) is 0 Å². The van der Waals surface area contributed by atoms with Crippen molar-refractivity contribution in [2.24, 2.45) is 17.8 Å². The fourth-order valence-corrected chi connectivity index (χ4v) is 6.32. The number of hydrogen-bond donors (Lipinski definition) is 4. The molecule has 6 heteroatoms. The first kappa shape index (κ1) is 31.3. The van der Waals surface area contributed by atoms with Crippen LogP contribution in [0.3, 0.4) is 0 Å². The molecule has 0 spiro atoms. The second-order valence-electron chi connectivity index (χ2n) is 11.3. The average molecular weight is 511 g/mol. The van der Waals surface area contributed by atoms with Gasteiger partial charge in [0.05, 0.1) is 18.3 Å². The molecule has 4 N–H and O–H groups in total. The van der Waals surface area contributed by atoms with Crippen molar-refractivity contribution < 1.29 is 30.0 Å². The van der Waals surface area contributed by atoms with E-state index in [9.17, 15) is 15.0 Å². The van der Waals surface area contributed by atoms with Gasteiger partial charge < -0.3 is 25.2 Å². The Bertz CT molecular complexity index is 621. The van der Waals surface area contributed by atoms with Gasteiger partial charge in [0.25, 0.3) is 0 Å². The minimum Gasteiger partial charge on any atom is -0.481 e. The standard InChI is InChI=1S/C30H54O6/c1-2-3-4-5-6-7-8-9-14-24(20-25(32)15-10-11-19-31)30-26-18-17-23(13-12-16-29(34)35)22-36-28(26)21-27(30)33/h20,23,25-28,30-33H,2-19,21-22H2,1H3,(H,34,35)/b24-20+/t23-,25?,26-,27+,28-,30+/m0/s1. The second-order valence-corrected chi connectivity index (χ2v) is 11.3. The van der Waals surface area contributed by atoms with Crippen LogP contribution in [0.1, 0.15) is 122 Å². The number of carbonyl (C=O) groups is 1. The predicted octanol–water partition coefficient (Wildman–Crippen LogP) is 6.01. The third kappa shape index (κ3) is 11.6. The summed E-state index contributed by atoms with van der Waals surface area (Å²) in [5.74, 6) is -0.0611. The van der Waals surface area contributed by atoms with Gasteiger partial charge in [0, 0.05) is 32.0 Å². The van der Waals surface area contributed by atoms with Gasteiger partial charge in [-0.15, -0.1) is 0 Å². The molecule has 0 aromatic rings. The zero-order valence-electron chi connectivity index (χ0n) is 22.8. The topological polar surface area (TPSA) is 107 Å². The number of carboxylic acid groups (broad SMARTS) is 1. The van der Waals surface area contributed by atoms with Gasteiger partial charge >= 0.3 is 5.97 Å². The predicted molar refractivity (Wildman–Crippen MR) is 144 cm³/mol. The van der Waals surface area contributed by atoms with E-state index in [1.807, 2.05) is 6.08 Å². The molecule has 2 aliphatic rings. The number of fused-ring (bicyclic) bond motifs is 1. The SMILES string of the molecule is CCCCCCCCCC/C(=C\C(O)CCCCO)[C@@H]1[C@H]2CC[C@H](CCCC(=O)O)CO[C@H]2C[C@H]1O. The maximum atomic E-state index is 11.1. The lowest BCUT2D eigenvalue weighted by Gasteiger charge is -2.27. The van der Waals surface area contributed by atoms with Gasteiger partial charge in [-0.25, -0.2) is 0 Å². The van der Waals surface area contributed by atoms with E-state index in [2.05, 4.69) is 6.92 Å². The van der Waals surface area contributed by atoms with Gasteiger partial charge in [-0.2, -0.15) is 0 Å². The molecule has 1 aliphatic heterocycles. The van der Waals surface area contributed by atoms with Crippen molar-refractivity contribution in [1.29, 1.82) is 0 Å². The van der Waals surface area contributed by atoms with Gasteiger partial charge in [-0.3, -0.25) is 4.79 Å². The van der Waals surface area contributed by atoms with Crippen LogP contribution in [0.2, 0.25) is 0 Å². The first-order valence-corrected chi connectivity index (χ1v) is 15.0. The molecule has 6 atom stereocenters. The highest BCUT2D eigenvalue weighted by Crippen LogP contribution is 2.45. The Morgan fingerprint density at radius 2 is 1.69 bits per heavy atom. The Kier molecular flexibility index (Phi) is 15.9. The normalized spacial score (nSPS) is 27.6. The van der Waals surface area contributed by atoms with Gasteiger partial charge in [0.2, 0.25) is 0 Å². The number of ether oxygens (including phenoxy) is 1. The van der Waals surface area contributed by atoms with Crippen molar-refractivity contribution in [2.75, 3.05) is 13.2 Å². The first-order chi connectivity index (χ1) is 17.5. The summed E-state index contributed by atoms with van der Waals surface area (Å²) >= 11 is 0. The summed E-state index contributed by atoms with van der Waals surface area (Å²) in [7, 11) is 0. The molecule has 1 aliphatic carbocycles. The lowest BCUT2D eigenvalue weighted by atomic mass is 9.80. The molecule has 1 unspecified atom stereocenters. The summed E-state index contributed by atoms with van der Waals surface area (Å²) in [5, 5.41) is 39.9. The van der Waals surface area contributed by atoms with Crippen molar-refractivity contribution in [2.45, 2.75) is 141 Å². The molecule has 6 nitrogen and oxygen atoms in total. The van der Waals surface area contributed by atoms with Crippen molar-refractivity contribution in [1.82, 2.24) is 0 Å². The van der Waals surface area contributed by atoms with Crippen LogP contribution in [-0.2, 0) is 9.53 Å². The number of carboxylic acids is 1. The Hall–Kier alpha value is -0.950. The molecule has 1 saturated heterocycles. The Labute approximate surface area is 219 Å². The van der Waals surface area contributed by atoms with Crippen molar-refractivity contribution >= 4 is 5.97 Å². The minimum absolute atomic E-state index is 0.0322. The fraction of sp³-hybridized carbons (Fsp3) is 0.900. The monoisotopic (exact) mass is 510 g/mol. The molecule has 0 amide bonds. The molecule has 0 aromatic heterocycles. The van der Waals surface area contributed by atoms with Crippen LogP contribution >= 0.6 is 0 Å². The zero-order valence-corrected chi connectivity index (χ0v) is 22.8. The summed E-state index contributed by atoms with van der Waals surface area (Å²) in [4.78, 5) is 10.9. The number of hydrogen-bond acceptors (Lipinski definition) is 5. The molecule has 0 radical (unpaired) electrons. The molecular formula is C30H54O6. The lowest BCUT2D eigenvalue weighted by Crippen LogP contribution is -2.25. The van der Waals surface area contributed by atoms with E-state index in [1.165, 1.54) is 50.5 Å². The molecule has 210 valence electrons. The maximum Gasteiger partial charge on any atom is 0.303 e. The van der Waals surface area contributed by atoms with Crippen LogP contribution in [-0.4, -0.2) is 57.9 Å². The highest BCUT2D eigenvalue weighted by atomic mass is 16.5. The molecule has 1 saturated carbocycles. The van der Waals surface area contributed by atoms with E-state index >= 15 is 0 Å². The summed E-state index contributed by atoms with van der Waals surface area (Å²) in [6.07, 6.45) is 18.6. The maximum absolute atomic E-state index is 11.1. The van der Waals surface area contributed by atoms with E-state index < -0.39 is 18.2 Å². The number of aliphatic carboxylic acids is 1. The van der Waals surface area contributed by atoms with Crippen molar-refractivity contribution in [3.8, 4) is 0 Å². The largest absolute Gasteiger partial charge is 0.481 e. The van der Waals surface area contributed by atoms with E-state index in [0.29, 0.717) is 38.2 Å². The first-order valence-electron chi connectivity index (χ1n) is 15.0. The summed E-state index contributed by atoms with van der Waals surface area (Å²) in [5.41, 5.74) is 1.20. The minimum atomic E-state index is -0.738. The van der Waals surface area contributed by atoms with Gasteiger partial charge in [-0.05, 0) is 69.6 Å². The van der Waals surface area contributed by atoms with Crippen LogP contribution in [0, 0.1) is 17.8 Å². The van der Waals surface area contributed by atoms with E-state index in [0.717, 1.165) is 38.5 Å². The number of unbranched alkanes of at least 4 members (excludes halogenated alkanes) is 8. The smallest absolute Gasteiger partial charge is 0.303 e. The summed E-state index contributed by atoms with van der Waals surface area (Å²) in [6.45, 7) is 3.05. The Balaban J connectivity index is 1.97. The zero-order chi connectivity index (χ0) is 26.2. The Morgan fingerprint density at radius 3 is 2.39 bits per heavy atom. The van der Waals surface area contributed by atoms with E-state index in [-0.39, 0.29) is 31.0 Å². The highest BCUT2D eigenvalue weighted by molar-refractivity contribution is 5.66. The van der Waals surface area contributed by atoms with Gasteiger partial charge in [-0.1, -0.05) is 63.5 Å². The summed E-state index contributed by atoms with van der Waals surface area (Å²) < 4.78 is 6.30. The van der Waals surface area contributed by atoms with Crippen molar-refractivity contribution in [3.05, 3.63) is 11.6 Å². The van der Waals surface area contributed by atoms with Crippen LogP contribution < -0.4 is 0 Å². The Morgan fingerprint density at radius 1 is 0.972 bits per heavy atom. The van der Waals surface area contributed by atoms with E-state index in [4.69, 9.17) is 14.9 Å². The molecule has 2 fully saturated rings. The van der Waals surface area contributed by atoms with Crippen LogP contribution in [0.25, 0.3) is 0 Å². The third-order valence-corrected chi connectivity index (χ3v) is 8.35. The fourth-order valence-electron chi connectivity index (χ4n) is 6.32. The highest BCUT2D eigenvalue weighted by Gasteiger charge is 2.45. The lowest BCUT2D eigenvalue weighted by molar-refractivity contribution is -0.137. The third-order valence-electron chi connectivity index (χ3n) is 8.35. The summed E-state index contributed by atoms with van der Waals surface area (Å²) in [6, 6.07) is 0. The number of rotatable bonds is 19. The molecule has 2 rings (SSSR count). The van der Waals surface area contributed by atoms with Crippen LogP contribution in [0.15, 0.2) is 11.6 Å². The van der Waals surface area contributed by atoms with Crippen LogP contribution in [0.4, 0.5) is 0 Å². The molecule has 0 bridgehead atoms. The molecular weight excluding hydrogens is 456 g/mol. The molecule has 36 heavy (non-hydrogen) atoms. The average Bonchev–Trinajstić information content (AvgIpc) is 3.03. The van der Waals surface area contributed by atoms with Gasteiger partial charge in [0.1, 0.15) is 0 Å². The molecule has 1 heterocycles. The quantitative estimate of drug-likeness (QED) is 0.125. The van der Waals surface area contributed by atoms with Crippen LogP contribution in [0.5, 0.6) is 0 Å². The second kappa shape index (κ2) is 18.3.